The maximum atomic E-state index is 12.8. The molecule has 1 heterocycles. The van der Waals surface area contributed by atoms with Crippen LogP contribution >= 0.6 is 0 Å². The molecule has 0 aliphatic rings. The van der Waals surface area contributed by atoms with Gasteiger partial charge in [-0.1, -0.05) is 42.5 Å². The Labute approximate surface area is 152 Å². The molecule has 0 bridgehead atoms. The van der Waals surface area contributed by atoms with Gasteiger partial charge in [-0.2, -0.15) is 0 Å². The number of hydrogen-bond acceptors (Lipinski definition) is 3. The minimum Gasteiger partial charge on any atom is -0.340 e. The average Bonchev–Trinajstić information content (AvgIpc) is 2.67. The predicted octanol–water partition coefficient (Wildman–Crippen LogP) is 3.56. The molecule has 5 heteroatoms. The van der Waals surface area contributed by atoms with E-state index in [4.69, 9.17) is 0 Å². The Bertz CT molecular complexity index is 856. The lowest BCUT2D eigenvalue weighted by atomic mass is 10.0. The maximum Gasteiger partial charge on any atom is 0.252 e. The van der Waals surface area contributed by atoms with E-state index in [2.05, 4.69) is 15.6 Å². The molecule has 2 N–H and O–H groups in total. The summed E-state index contributed by atoms with van der Waals surface area (Å²) in [5.41, 5.74) is 2.75. The molecule has 0 saturated carbocycles. The zero-order valence-electron chi connectivity index (χ0n) is 14.3. The van der Waals surface area contributed by atoms with Crippen molar-refractivity contribution < 1.29 is 9.59 Å². The largest absolute Gasteiger partial charge is 0.340 e. The zero-order chi connectivity index (χ0) is 18.4. The van der Waals surface area contributed by atoms with Gasteiger partial charge in [0.2, 0.25) is 5.91 Å². The van der Waals surface area contributed by atoms with Gasteiger partial charge in [-0.3, -0.25) is 14.6 Å². The van der Waals surface area contributed by atoms with Crippen LogP contribution in [0.15, 0.2) is 79.0 Å². The van der Waals surface area contributed by atoms with Gasteiger partial charge in [0.15, 0.2) is 0 Å². The highest BCUT2D eigenvalue weighted by Gasteiger charge is 2.19. The highest BCUT2D eigenvalue weighted by atomic mass is 16.2. The first kappa shape index (κ1) is 17.4. The van der Waals surface area contributed by atoms with Crippen LogP contribution in [-0.4, -0.2) is 16.8 Å². The summed E-state index contributed by atoms with van der Waals surface area (Å²) in [4.78, 5) is 28.4. The standard InChI is InChI=1S/C21H19N3O2/c1-15(25)23-18-11-7-10-17(14-18)21(26)24-20(16-8-3-2-4-9-16)19-12-5-6-13-22-19/h2-14,20H,1H3,(H,23,25)(H,24,26). The molecule has 0 spiro atoms. The monoisotopic (exact) mass is 345 g/mol. The van der Waals surface area contributed by atoms with Crippen molar-refractivity contribution in [3.8, 4) is 0 Å². The van der Waals surface area contributed by atoms with Crippen molar-refractivity contribution in [2.24, 2.45) is 0 Å². The summed E-state index contributed by atoms with van der Waals surface area (Å²) >= 11 is 0. The van der Waals surface area contributed by atoms with E-state index in [-0.39, 0.29) is 17.9 Å². The van der Waals surface area contributed by atoms with E-state index in [1.54, 1.807) is 30.5 Å². The first-order valence-corrected chi connectivity index (χ1v) is 8.28. The van der Waals surface area contributed by atoms with Crippen LogP contribution in [0, 0.1) is 0 Å². The molecule has 26 heavy (non-hydrogen) atoms. The third kappa shape index (κ3) is 4.33. The summed E-state index contributed by atoms with van der Waals surface area (Å²) in [5, 5.41) is 5.72. The fourth-order valence-electron chi connectivity index (χ4n) is 2.68. The van der Waals surface area contributed by atoms with E-state index in [1.807, 2.05) is 48.5 Å². The van der Waals surface area contributed by atoms with Crippen molar-refractivity contribution in [3.05, 3.63) is 95.8 Å². The number of amides is 2. The van der Waals surface area contributed by atoms with Crippen molar-refractivity contribution in [3.63, 3.8) is 0 Å². The number of benzene rings is 2. The first-order valence-electron chi connectivity index (χ1n) is 8.28. The fourth-order valence-corrected chi connectivity index (χ4v) is 2.68. The molecule has 0 aliphatic carbocycles. The lowest BCUT2D eigenvalue weighted by Gasteiger charge is -2.19. The molecule has 1 atom stereocenters. The number of nitrogens with one attached hydrogen (secondary N) is 2. The number of rotatable bonds is 5. The summed E-state index contributed by atoms with van der Waals surface area (Å²) in [6.45, 7) is 1.43. The van der Waals surface area contributed by atoms with Crippen LogP contribution in [0.5, 0.6) is 0 Å². The first-order chi connectivity index (χ1) is 12.6. The van der Waals surface area contributed by atoms with Gasteiger partial charge >= 0.3 is 0 Å². The van der Waals surface area contributed by atoms with Crippen LogP contribution in [0.1, 0.15) is 34.6 Å². The van der Waals surface area contributed by atoms with Crippen LogP contribution in [0.4, 0.5) is 5.69 Å². The molecule has 2 amide bonds. The molecule has 0 fully saturated rings. The summed E-state index contributed by atoms with van der Waals surface area (Å²) in [7, 11) is 0. The Morgan fingerprint density at radius 3 is 2.38 bits per heavy atom. The third-order valence-corrected chi connectivity index (χ3v) is 3.84. The minimum absolute atomic E-state index is 0.182. The van der Waals surface area contributed by atoms with E-state index in [9.17, 15) is 9.59 Å². The Morgan fingerprint density at radius 2 is 1.69 bits per heavy atom. The summed E-state index contributed by atoms with van der Waals surface area (Å²) in [6.07, 6.45) is 1.70. The Kier molecular flexibility index (Phi) is 5.39. The summed E-state index contributed by atoms with van der Waals surface area (Å²) < 4.78 is 0. The smallest absolute Gasteiger partial charge is 0.252 e. The second-order valence-corrected chi connectivity index (χ2v) is 5.83. The molecular formula is C21H19N3O2. The van der Waals surface area contributed by atoms with E-state index >= 15 is 0 Å². The van der Waals surface area contributed by atoms with E-state index in [0.29, 0.717) is 11.3 Å². The molecule has 1 aromatic heterocycles. The molecular weight excluding hydrogens is 326 g/mol. The zero-order valence-corrected chi connectivity index (χ0v) is 14.3. The Morgan fingerprint density at radius 1 is 0.923 bits per heavy atom. The molecule has 0 radical (unpaired) electrons. The number of nitrogens with zero attached hydrogens (tertiary/aromatic N) is 1. The minimum atomic E-state index is -0.366. The van der Waals surface area contributed by atoms with Crippen molar-refractivity contribution in [2.75, 3.05) is 5.32 Å². The third-order valence-electron chi connectivity index (χ3n) is 3.84. The van der Waals surface area contributed by atoms with Gasteiger partial charge in [-0.15, -0.1) is 0 Å². The summed E-state index contributed by atoms with van der Waals surface area (Å²) in [6, 6.07) is 21.8. The van der Waals surface area contributed by atoms with Gasteiger partial charge in [-0.05, 0) is 35.9 Å². The molecule has 0 aliphatic heterocycles. The lowest BCUT2D eigenvalue weighted by molar-refractivity contribution is -0.114. The fraction of sp³-hybridized carbons (Fsp3) is 0.0952. The molecule has 3 rings (SSSR count). The molecule has 0 saturated heterocycles. The Hall–Kier alpha value is -3.47. The second kappa shape index (κ2) is 8.07. The van der Waals surface area contributed by atoms with Crippen molar-refractivity contribution in [1.29, 1.82) is 0 Å². The normalized spacial score (nSPS) is 11.4. The van der Waals surface area contributed by atoms with Crippen LogP contribution in [-0.2, 0) is 4.79 Å². The van der Waals surface area contributed by atoms with Gasteiger partial charge < -0.3 is 10.6 Å². The van der Waals surface area contributed by atoms with Crippen molar-refractivity contribution >= 4 is 17.5 Å². The van der Waals surface area contributed by atoms with E-state index in [1.165, 1.54) is 6.92 Å². The molecule has 3 aromatic rings. The van der Waals surface area contributed by atoms with Gasteiger partial charge in [-0.25, -0.2) is 0 Å². The summed E-state index contributed by atoms with van der Waals surface area (Å²) in [5.74, 6) is -0.421. The lowest BCUT2D eigenvalue weighted by Crippen LogP contribution is -2.30. The molecule has 130 valence electrons. The number of anilines is 1. The predicted molar refractivity (Wildman–Crippen MR) is 101 cm³/mol. The van der Waals surface area contributed by atoms with Crippen molar-refractivity contribution in [1.82, 2.24) is 10.3 Å². The maximum absolute atomic E-state index is 12.8. The Balaban J connectivity index is 1.88. The van der Waals surface area contributed by atoms with Crippen LogP contribution in [0.25, 0.3) is 0 Å². The molecule has 1 unspecified atom stereocenters. The topological polar surface area (TPSA) is 71.1 Å². The number of carbonyl (C=O) groups excluding carboxylic acids is 2. The van der Waals surface area contributed by atoms with E-state index < -0.39 is 0 Å². The van der Waals surface area contributed by atoms with Crippen LogP contribution in [0.2, 0.25) is 0 Å². The second-order valence-electron chi connectivity index (χ2n) is 5.83. The number of pyridine rings is 1. The van der Waals surface area contributed by atoms with Gasteiger partial charge in [0.25, 0.3) is 5.91 Å². The number of carbonyl (C=O) groups is 2. The van der Waals surface area contributed by atoms with Crippen LogP contribution < -0.4 is 10.6 Å². The molecule has 2 aromatic carbocycles. The number of hydrogen-bond donors (Lipinski definition) is 2. The van der Waals surface area contributed by atoms with Gasteiger partial charge in [0.05, 0.1) is 11.7 Å². The van der Waals surface area contributed by atoms with Crippen molar-refractivity contribution in [2.45, 2.75) is 13.0 Å². The quantitative estimate of drug-likeness (QED) is 0.743. The number of aromatic nitrogens is 1. The van der Waals surface area contributed by atoms with Gasteiger partial charge in [0.1, 0.15) is 0 Å². The highest BCUT2D eigenvalue weighted by Crippen LogP contribution is 2.21. The van der Waals surface area contributed by atoms with E-state index in [0.717, 1.165) is 11.3 Å². The highest BCUT2D eigenvalue weighted by molar-refractivity contribution is 5.97. The molecule has 5 nitrogen and oxygen atoms in total. The van der Waals surface area contributed by atoms with Crippen LogP contribution in [0.3, 0.4) is 0 Å². The average molecular weight is 345 g/mol. The SMILES string of the molecule is CC(=O)Nc1cccc(C(=O)NC(c2ccccc2)c2ccccn2)c1. The van der Waals surface area contributed by atoms with Gasteiger partial charge in [0, 0.05) is 24.4 Å².